The van der Waals surface area contributed by atoms with Crippen molar-refractivity contribution in [1.82, 2.24) is 9.97 Å². The lowest BCUT2D eigenvalue weighted by Gasteiger charge is -2.10. The fourth-order valence-electron chi connectivity index (χ4n) is 2.81. The van der Waals surface area contributed by atoms with Crippen LogP contribution in [0, 0.1) is 6.92 Å². The van der Waals surface area contributed by atoms with Gasteiger partial charge in [0.2, 0.25) is 0 Å². The van der Waals surface area contributed by atoms with E-state index < -0.39 is 0 Å². The van der Waals surface area contributed by atoms with Crippen LogP contribution in [0.3, 0.4) is 0 Å². The van der Waals surface area contributed by atoms with Gasteiger partial charge in [-0.15, -0.1) is 11.3 Å². The second kappa shape index (κ2) is 6.64. The third-order valence-electron chi connectivity index (χ3n) is 3.91. The van der Waals surface area contributed by atoms with Crippen LogP contribution in [-0.2, 0) is 0 Å². The molecule has 124 valence electrons. The number of hydrogen-bond acceptors (Lipinski definition) is 4. The summed E-state index contributed by atoms with van der Waals surface area (Å²) in [6, 6.07) is 15.6. The molecule has 0 saturated carbocycles. The Labute approximate surface area is 159 Å². The van der Waals surface area contributed by atoms with Crippen molar-refractivity contribution in [2.45, 2.75) is 6.92 Å². The van der Waals surface area contributed by atoms with Gasteiger partial charge in [0.25, 0.3) is 0 Å². The predicted octanol–water partition coefficient (Wildman–Crippen LogP) is 6.72. The molecule has 1 N–H and O–H groups in total. The lowest BCUT2D eigenvalue weighted by molar-refractivity contribution is 1.23. The molecule has 0 fully saturated rings. The van der Waals surface area contributed by atoms with Gasteiger partial charge < -0.3 is 5.32 Å². The number of rotatable bonds is 3. The summed E-state index contributed by atoms with van der Waals surface area (Å²) >= 11 is 14.0. The molecule has 0 saturated heterocycles. The van der Waals surface area contributed by atoms with Crippen LogP contribution in [-0.4, -0.2) is 9.97 Å². The van der Waals surface area contributed by atoms with Crippen LogP contribution in [0.2, 0.25) is 10.0 Å². The molecule has 4 aromatic rings. The van der Waals surface area contributed by atoms with E-state index in [1.165, 1.54) is 4.88 Å². The van der Waals surface area contributed by atoms with Crippen molar-refractivity contribution in [1.29, 1.82) is 0 Å². The van der Waals surface area contributed by atoms with Gasteiger partial charge in [-0.1, -0.05) is 53.5 Å². The number of halogens is 2. The summed E-state index contributed by atoms with van der Waals surface area (Å²) < 4.78 is 0. The number of benzene rings is 2. The van der Waals surface area contributed by atoms with Gasteiger partial charge >= 0.3 is 0 Å². The van der Waals surface area contributed by atoms with Crippen molar-refractivity contribution in [2.75, 3.05) is 5.32 Å². The van der Waals surface area contributed by atoms with E-state index in [1.54, 1.807) is 29.8 Å². The molecule has 0 radical (unpaired) electrons. The summed E-state index contributed by atoms with van der Waals surface area (Å²) in [6.07, 6.45) is 1.57. The monoisotopic (exact) mass is 385 g/mol. The maximum Gasteiger partial charge on any atom is 0.143 e. The number of nitrogens with one attached hydrogen (secondary N) is 1. The highest BCUT2D eigenvalue weighted by Gasteiger charge is 2.17. The number of aryl methyl sites for hydroxylation is 1. The van der Waals surface area contributed by atoms with E-state index in [0.29, 0.717) is 10.0 Å². The Morgan fingerprint density at radius 2 is 1.80 bits per heavy atom. The van der Waals surface area contributed by atoms with E-state index in [-0.39, 0.29) is 0 Å². The van der Waals surface area contributed by atoms with E-state index >= 15 is 0 Å². The van der Waals surface area contributed by atoms with Crippen LogP contribution in [0.5, 0.6) is 0 Å². The first-order valence-electron chi connectivity index (χ1n) is 7.65. The topological polar surface area (TPSA) is 37.8 Å². The summed E-state index contributed by atoms with van der Waals surface area (Å²) in [4.78, 5) is 11.0. The van der Waals surface area contributed by atoms with E-state index in [4.69, 9.17) is 23.2 Å². The number of fused-ring (bicyclic) bond motifs is 1. The highest BCUT2D eigenvalue weighted by molar-refractivity contribution is 7.19. The number of hydrogen-bond donors (Lipinski definition) is 1. The molecule has 0 aliphatic rings. The molecule has 0 amide bonds. The first kappa shape index (κ1) is 16.3. The highest BCUT2D eigenvalue weighted by atomic mass is 35.5. The summed E-state index contributed by atoms with van der Waals surface area (Å²) in [5, 5.41) is 5.48. The van der Waals surface area contributed by atoms with Gasteiger partial charge in [-0.05, 0) is 30.7 Å². The van der Waals surface area contributed by atoms with E-state index in [0.717, 1.165) is 32.8 Å². The molecular formula is C19H13Cl2N3S. The molecule has 0 aliphatic carbocycles. The predicted molar refractivity (Wildman–Crippen MR) is 107 cm³/mol. The Hall–Kier alpha value is -2.14. The Morgan fingerprint density at radius 1 is 1.00 bits per heavy atom. The van der Waals surface area contributed by atoms with E-state index in [1.807, 2.05) is 24.3 Å². The van der Waals surface area contributed by atoms with Crippen molar-refractivity contribution in [2.24, 2.45) is 0 Å². The Bertz CT molecular complexity index is 1060. The number of thiophene rings is 1. The summed E-state index contributed by atoms with van der Waals surface area (Å²) in [5.74, 6) is 0.734. The first-order chi connectivity index (χ1) is 12.1. The van der Waals surface area contributed by atoms with Crippen molar-refractivity contribution in [3.63, 3.8) is 0 Å². The highest BCUT2D eigenvalue weighted by Crippen LogP contribution is 2.41. The zero-order valence-corrected chi connectivity index (χ0v) is 15.6. The van der Waals surface area contributed by atoms with Crippen LogP contribution >= 0.6 is 34.5 Å². The van der Waals surface area contributed by atoms with Crippen LogP contribution in [0.1, 0.15) is 4.88 Å². The fourth-order valence-corrected chi connectivity index (χ4v) is 4.28. The van der Waals surface area contributed by atoms with Crippen LogP contribution in [0.15, 0.2) is 54.9 Å². The van der Waals surface area contributed by atoms with Crippen molar-refractivity contribution in [3.05, 3.63) is 69.8 Å². The molecule has 2 aromatic heterocycles. The van der Waals surface area contributed by atoms with Crippen LogP contribution in [0.4, 0.5) is 11.5 Å². The molecule has 0 spiro atoms. The van der Waals surface area contributed by atoms with Gasteiger partial charge in [0.15, 0.2) is 0 Å². The maximum atomic E-state index is 6.30. The smallest absolute Gasteiger partial charge is 0.143 e. The lowest BCUT2D eigenvalue weighted by atomic mass is 10.0. The zero-order valence-electron chi connectivity index (χ0n) is 13.3. The largest absolute Gasteiger partial charge is 0.338 e. The minimum atomic E-state index is 0.549. The Balaban J connectivity index is 1.90. The molecule has 25 heavy (non-hydrogen) atoms. The second-order valence-corrected chi connectivity index (χ2v) is 7.60. The molecule has 3 nitrogen and oxygen atoms in total. The normalized spacial score (nSPS) is 11.0. The van der Waals surface area contributed by atoms with Crippen molar-refractivity contribution < 1.29 is 0 Å². The third kappa shape index (κ3) is 3.09. The van der Waals surface area contributed by atoms with Crippen molar-refractivity contribution in [3.8, 4) is 11.1 Å². The molecule has 0 atom stereocenters. The first-order valence-corrected chi connectivity index (χ1v) is 9.22. The third-order valence-corrected chi connectivity index (χ3v) is 5.47. The Kier molecular flexibility index (Phi) is 4.34. The fraction of sp³-hybridized carbons (Fsp3) is 0.0526. The standard InChI is InChI=1S/C19H13Cl2N3S/c1-11-16(12-5-3-2-4-6-12)17-18(22-10-23-19(17)25-11)24-15-8-7-13(20)9-14(15)21/h2-10H,1H3,(H,22,23,24). The van der Waals surface area contributed by atoms with Gasteiger partial charge in [-0.25, -0.2) is 9.97 Å². The molecule has 2 aromatic carbocycles. The average Bonchev–Trinajstić information content (AvgIpc) is 2.95. The number of anilines is 2. The molecular weight excluding hydrogens is 373 g/mol. The molecule has 2 heterocycles. The summed E-state index contributed by atoms with van der Waals surface area (Å²) in [5.41, 5.74) is 3.05. The van der Waals surface area contributed by atoms with Gasteiger partial charge in [0, 0.05) is 15.5 Å². The van der Waals surface area contributed by atoms with Gasteiger partial charge in [-0.3, -0.25) is 0 Å². The van der Waals surface area contributed by atoms with Crippen LogP contribution < -0.4 is 5.32 Å². The second-order valence-electron chi connectivity index (χ2n) is 5.55. The zero-order chi connectivity index (χ0) is 17.4. The van der Waals surface area contributed by atoms with Gasteiger partial charge in [-0.2, -0.15) is 0 Å². The molecule has 4 rings (SSSR count). The lowest BCUT2D eigenvalue weighted by Crippen LogP contribution is -1.96. The van der Waals surface area contributed by atoms with E-state index in [9.17, 15) is 0 Å². The number of nitrogens with zero attached hydrogens (tertiary/aromatic N) is 2. The Morgan fingerprint density at radius 3 is 2.56 bits per heavy atom. The van der Waals surface area contributed by atoms with Gasteiger partial charge in [0.1, 0.15) is 17.0 Å². The van der Waals surface area contributed by atoms with Crippen molar-refractivity contribution >= 4 is 56.3 Å². The minimum Gasteiger partial charge on any atom is -0.338 e. The summed E-state index contributed by atoms with van der Waals surface area (Å²) in [7, 11) is 0. The molecule has 0 aliphatic heterocycles. The summed E-state index contributed by atoms with van der Waals surface area (Å²) in [6.45, 7) is 2.10. The maximum absolute atomic E-state index is 6.30. The molecule has 0 bridgehead atoms. The SMILES string of the molecule is Cc1sc2ncnc(Nc3ccc(Cl)cc3Cl)c2c1-c1ccccc1. The molecule has 0 unspecified atom stereocenters. The average molecular weight is 386 g/mol. The van der Waals surface area contributed by atoms with Crippen LogP contribution in [0.25, 0.3) is 21.3 Å². The minimum absolute atomic E-state index is 0.549. The molecule has 6 heteroatoms. The number of aromatic nitrogens is 2. The van der Waals surface area contributed by atoms with E-state index in [2.05, 4.69) is 34.3 Å². The quantitative estimate of drug-likeness (QED) is 0.425. The van der Waals surface area contributed by atoms with Gasteiger partial charge in [0.05, 0.1) is 16.1 Å².